The SMILES string of the molecule is CC/C=C\C/C=C\C/C=C\C/C=C\CCCCCCCCCCCCCCCCC(=O)OCC(COC(=O)CCCCCCC/C=C\C/C=C\CCCC)OC(=O)CCCCCCCC/C=C\C/C=C\C/C=C\CCCCCCC. The van der Waals surface area contributed by atoms with Gasteiger partial charge in [0.15, 0.2) is 6.10 Å². The van der Waals surface area contributed by atoms with Crippen molar-refractivity contribution >= 4 is 17.9 Å². The quantitative estimate of drug-likeness (QED) is 0.0261. The normalized spacial score (nSPS) is 12.8. The van der Waals surface area contributed by atoms with E-state index < -0.39 is 6.10 Å². The Labute approximate surface area is 495 Å². The monoisotopic (exact) mass is 1110 g/mol. The van der Waals surface area contributed by atoms with Crippen LogP contribution < -0.4 is 0 Å². The molecule has 6 heteroatoms. The van der Waals surface area contributed by atoms with Gasteiger partial charge in [-0.15, -0.1) is 0 Å². The highest BCUT2D eigenvalue weighted by atomic mass is 16.6. The van der Waals surface area contributed by atoms with E-state index in [1.54, 1.807) is 0 Å². The van der Waals surface area contributed by atoms with Crippen molar-refractivity contribution in [1.82, 2.24) is 0 Å². The third-order valence-electron chi connectivity index (χ3n) is 14.5. The molecule has 0 aromatic carbocycles. The number of carbonyl (C=O) groups excluding carboxylic acids is 3. The van der Waals surface area contributed by atoms with Crippen molar-refractivity contribution in [2.45, 2.75) is 329 Å². The lowest BCUT2D eigenvalue weighted by Crippen LogP contribution is -2.30. The highest BCUT2D eigenvalue weighted by molar-refractivity contribution is 5.71. The van der Waals surface area contributed by atoms with E-state index in [9.17, 15) is 14.4 Å². The van der Waals surface area contributed by atoms with Crippen molar-refractivity contribution in [3.8, 4) is 0 Å². The van der Waals surface area contributed by atoms with Gasteiger partial charge in [0, 0.05) is 19.3 Å². The van der Waals surface area contributed by atoms with Crippen LogP contribution in [0.25, 0.3) is 0 Å². The molecule has 80 heavy (non-hydrogen) atoms. The molecular formula is C74H126O6. The van der Waals surface area contributed by atoms with Gasteiger partial charge < -0.3 is 14.2 Å². The maximum Gasteiger partial charge on any atom is 0.306 e. The lowest BCUT2D eigenvalue weighted by molar-refractivity contribution is -0.167. The average molecular weight is 1110 g/mol. The number of hydrogen-bond donors (Lipinski definition) is 0. The van der Waals surface area contributed by atoms with Crippen LogP contribution in [0.15, 0.2) is 109 Å². The van der Waals surface area contributed by atoms with E-state index >= 15 is 0 Å². The number of ether oxygens (including phenoxy) is 3. The molecule has 1 unspecified atom stereocenters. The van der Waals surface area contributed by atoms with E-state index in [0.717, 1.165) is 135 Å². The second kappa shape index (κ2) is 67.6. The smallest absolute Gasteiger partial charge is 0.306 e. The number of unbranched alkanes of at least 4 members (excludes halogenated alkanes) is 32. The van der Waals surface area contributed by atoms with Crippen LogP contribution in [0, 0.1) is 0 Å². The molecule has 0 aromatic heterocycles. The molecule has 0 rings (SSSR count). The van der Waals surface area contributed by atoms with E-state index in [0.29, 0.717) is 19.3 Å². The lowest BCUT2D eigenvalue weighted by Gasteiger charge is -2.18. The fraction of sp³-hybridized carbons (Fsp3) is 0.716. The van der Waals surface area contributed by atoms with Gasteiger partial charge in [0.2, 0.25) is 0 Å². The van der Waals surface area contributed by atoms with E-state index in [1.807, 2.05) is 0 Å². The molecule has 0 aromatic rings. The largest absolute Gasteiger partial charge is 0.462 e. The summed E-state index contributed by atoms with van der Waals surface area (Å²) < 4.78 is 16.9. The molecule has 0 radical (unpaired) electrons. The van der Waals surface area contributed by atoms with Crippen molar-refractivity contribution in [1.29, 1.82) is 0 Å². The second-order valence-electron chi connectivity index (χ2n) is 22.3. The van der Waals surface area contributed by atoms with Crippen LogP contribution >= 0.6 is 0 Å². The summed E-state index contributed by atoms with van der Waals surface area (Å²) in [5.74, 6) is -0.905. The van der Waals surface area contributed by atoms with E-state index in [2.05, 4.69) is 130 Å². The molecule has 0 saturated carbocycles. The molecule has 0 aliphatic carbocycles. The predicted octanol–water partition coefficient (Wildman–Crippen LogP) is 23.4. The topological polar surface area (TPSA) is 78.9 Å². The number of allylic oxidation sites excluding steroid dienone is 18. The Kier molecular flexibility index (Phi) is 64.3. The maximum absolute atomic E-state index is 12.9. The number of carbonyl (C=O) groups is 3. The average Bonchev–Trinajstić information content (AvgIpc) is 3.46. The summed E-state index contributed by atoms with van der Waals surface area (Å²) in [6, 6.07) is 0. The van der Waals surface area contributed by atoms with Gasteiger partial charge in [-0.25, -0.2) is 0 Å². The molecule has 0 bridgehead atoms. The maximum atomic E-state index is 12.9. The van der Waals surface area contributed by atoms with Gasteiger partial charge in [-0.3, -0.25) is 14.4 Å². The highest BCUT2D eigenvalue weighted by Gasteiger charge is 2.19. The molecular weight excluding hydrogens is 985 g/mol. The first-order chi connectivity index (χ1) is 39.5. The van der Waals surface area contributed by atoms with Gasteiger partial charge in [-0.2, -0.15) is 0 Å². The van der Waals surface area contributed by atoms with Crippen LogP contribution in [0.1, 0.15) is 323 Å². The summed E-state index contributed by atoms with van der Waals surface area (Å²) in [7, 11) is 0. The summed E-state index contributed by atoms with van der Waals surface area (Å²) >= 11 is 0. The summed E-state index contributed by atoms with van der Waals surface area (Å²) in [5.41, 5.74) is 0. The third-order valence-corrected chi connectivity index (χ3v) is 14.5. The molecule has 458 valence electrons. The van der Waals surface area contributed by atoms with Crippen molar-refractivity contribution < 1.29 is 28.6 Å². The Bertz CT molecular complexity index is 1610. The first-order valence-corrected chi connectivity index (χ1v) is 33.9. The molecule has 0 saturated heterocycles. The second-order valence-corrected chi connectivity index (χ2v) is 22.3. The molecule has 0 amide bonds. The minimum atomic E-state index is -0.794. The van der Waals surface area contributed by atoms with E-state index in [1.165, 1.54) is 148 Å². The molecule has 0 aliphatic rings. The lowest BCUT2D eigenvalue weighted by atomic mass is 10.0. The van der Waals surface area contributed by atoms with E-state index in [4.69, 9.17) is 14.2 Å². The van der Waals surface area contributed by atoms with Crippen LogP contribution in [0.5, 0.6) is 0 Å². The van der Waals surface area contributed by atoms with Crippen LogP contribution in [-0.2, 0) is 28.6 Å². The minimum absolute atomic E-state index is 0.0878. The van der Waals surface area contributed by atoms with Crippen molar-refractivity contribution in [2.75, 3.05) is 13.2 Å². The van der Waals surface area contributed by atoms with Gasteiger partial charge in [-0.05, 0) is 122 Å². The molecule has 6 nitrogen and oxygen atoms in total. The van der Waals surface area contributed by atoms with Crippen molar-refractivity contribution in [3.05, 3.63) is 109 Å². The van der Waals surface area contributed by atoms with E-state index in [-0.39, 0.29) is 31.1 Å². The minimum Gasteiger partial charge on any atom is -0.462 e. The van der Waals surface area contributed by atoms with Crippen LogP contribution in [-0.4, -0.2) is 37.2 Å². The van der Waals surface area contributed by atoms with Gasteiger partial charge in [0.05, 0.1) is 0 Å². The number of esters is 3. The van der Waals surface area contributed by atoms with Gasteiger partial charge in [0.25, 0.3) is 0 Å². The molecule has 1 atom stereocenters. The summed E-state index contributed by atoms with van der Waals surface area (Å²) in [4.78, 5) is 38.4. The van der Waals surface area contributed by atoms with Gasteiger partial charge in [0.1, 0.15) is 13.2 Å². The number of hydrogen-bond acceptors (Lipinski definition) is 6. The Hall–Kier alpha value is -3.93. The summed E-state index contributed by atoms with van der Waals surface area (Å²) in [6.07, 6.45) is 92.4. The summed E-state index contributed by atoms with van der Waals surface area (Å²) in [5, 5.41) is 0. The predicted molar refractivity (Wildman–Crippen MR) is 348 cm³/mol. The van der Waals surface area contributed by atoms with Crippen molar-refractivity contribution in [3.63, 3.8) is 0 Å². The van der Waals surface area contributed by atoms with Gasteiger partial charge >= 0.3 is 17.9 Å². The molecule has 0 heterocycles. The zero-order valence-electron chi connectivity index (χ0n) is 52.6. The third kappa shape index (κ3) is 64.9. The fourth-order valence-corrected chi connectivity index (χ4v) is 9.40. The fourth-order valence-electron chi connectivity index (χ4n) is 9.40. The van der Waals surface area contributed by atoms with Gasteiger partial charge in [-0.1, -0.05) is 291 Å². The standard InChI is InChI=1S/C74H126O6/c1-4-7-10-13-16-19-22-25-28-30-32-34-35-36-37-38-39-41-42-44-46-49-52-55-58-61-64-67-73(76)79-70-71(69-78-72(75)66-63-60-57-54-51-48-27-24-21-18-15-12-9-6-3)80-74(77)68-65-62-59-56-53-50-47-45-43-40-33-31-29-26-23-20-17-14-11-8-5-2/h7,10,15-16,18-19,23-28,31-34,43,45,71H,4-6,8-9,11-14,17,20-22,29-30,35-42,44,46-70H2,1-3H3/b10-7-,18-15-,19-16-,26-23-,27-24-,28-25-,33-31-,34-32-,45-43-. The number of rotatable bonds is 61. The van der Waals surface area contributed by atoms with Crippen molar-refractivity contribution in [2.24, 2.45) is 0 Å². The molecule has 0 aliphatic heterocycles. The van der Waals surface area contributed by atoms with Crippen LogP contribution in [0.4, 0.5) is 0 Å². The Balaban J connectivity index is 4.33. The first-order valence-electron chi connectivity index (χ1n) is 33.9. The molecule has 0 spiro atoms. The zero-order chi connectivity index (χ0) is 57.8. The van der Waals surface area contributed by atoms with Crippen LogP contribution in [0.2, 0.25) is 0 Å². The molecule has 0 N–H and O–H groups in total. The molecule has 0 fully saturated rings. The Morgan fingerprint density at radius 2 is 0.500 bits per heavy atom. The zero-order valence-corrected chi connectivity index (χ0v) is 52.6. The first kappa shape index (κ1) is 76.1. The highest BCUT2D eigenvalue weighted by Crippen LogP contribution is 2.16. The Morgan fingerprint density at radius 1 is 0.263 bits per heavy atom. The van der Waals surface area contributed by atoms with Crippen LogP contribution in [0.3, 0.4) is 0 Å². The summed E-state index contributed by atoms with van der Waals surface area (Å²) in [6.45, 7) is 6.48. The Morgan fingerprint density at radius 3 is 0.800 bits per heavy atom.